The quantitative estimate of drug-likeness (QED) is 0.639. The van der Waals surface area contributed by atoms with E-state index in [4.69, 9.17) is 0 Å². The van der Waals surface area contributed by atoms with Gasteiger partial charge in [-0.1, -0.05) is 42.5 Å². The zero-order valence-corrected chi connectivity index (χ0v) is 10.5. The summed E-state index contributed by atoms with van der Waals surface area (Å²) in [5.41, 5.74) is 2.47. The molecule has 0 radical (unpaired) electrons. The van der Waals surface area contributed by atoms with Gasteiger partial charge in [-0.05, 0) is 24.5 Å². The van der Waals surface area contributed by atoms with Crippen LogP contribution in [0.2, 0.25) is 0 Å². The van der Waals surface area contributed by atoms with Gasteiger partial charge in [0.1, 0.15) is 5.75 Å². The van der Waals surface area contributed by atoms with Crippen LogP contribution in [0.25, 0.3) is 0 Å². The van der Waals surface area contributed by atoms with Crippen LogP contribution in [0.3, 0.4) is 0 Å². The lowest BCUT2D eigenvalue weighted by molar-refractivity contribution is 0.0964. The number of benzene rings is 2. The minimum absolute atomic E-state index is 0.0782. The molecule has 1 atom stereocenters. The van der Waals surface area contributed by atoms with Gasteiger partial charge in [0.25, 0.3) is 0 Å². The maximum absolute atomic E-state index is 12.4. The first-order valence-electron chi connectivity index (χ1n) is 6.42. The molecule has 0 saturated heterocycles. The third-order valence-corrected chi connectivity index (χ3v) is 3.52. The van der Waals surface area contributed by atoms with Crippen LogP contribution in [0.4, 0.5) is 5.69 Å². The first-order chi connectivity index (χ1) is 9.25. The average Bonchev–Trinajstić information content (AvgIpc) is 2.47. The third-order valence-electron chi connectivity index (χ3n) is 3.52. The van der Waals surface area contributed by atoms with Gasteiger partial charge in [-0.15, -0.1) is 0 Å². The van der Waals surface area contributed by atoms with Gasteiger partial charge >= 0.3 is 0 Å². The number of carbonyl (C=O) groups excluding carboxylic acids is 1. The van der Waals surface area contributed by atoms with E-state index in [1.54, 1.807) is 6.07 Å². The van der Waals surface area contributed by atoms with Crippen molar-refractivity contribution in [2.75, 3.05) is 5.32 Å². The first-order valence-corrected chi connectivity index (χ1v) is 6.42. The van der Waals surface area contributed by atoms with Crippen LogP contribution in [0.1, 0.15) is 22.3 Å². The van der Waals surface area contributed by atoms with Crippen molar-refractivity contribution in [1.82, 2.24) is 0 Å². The van der Waals surface area contributed by atoms with Crippen molar-refractivity contribution in [3.8, 4) is 5.75 Å². The summed E-state index contributed by atoms with van der Waals surface area (Å²) in [6, 6.07) is 14.5. The smallest absolute Gasteiger partial charge is 0.185 e. The van der Waals surface area contributed by atoms with E-state index in [0.717, 1.165) is 18.4 Å². The predicted octanol–water partition coefficient (Wildman–Crippen LogP) is 3.00. The molecule has 1 unspecified atom stereocenters. The van der Waals surface area contributed by atoms with E-state index >= 15 is 0 Å². The molecule has 19 heavy (non-hydrogen) atoms. The highest BCUT2D eigenvalue weighted by atomic mass is 16.3. The fourth-order valence-electron chi connectivity index (χ4n) is 2.51. The largest absolute Gasteiger partial charge is 0.506 e. The third kappa shape index (κ3) is 2.19. The highest BCUT2D eigenvalue weighted by Gasteiger charge is 2.26. The van der Waals surface area contributed by atoms with Gasteiger partial charge in [0.2, 0.25) is 0 Å². The van der Waals surface area contributed by atoms with Crippen molar-refractivity contribution < 1.29 is 9.90 Å². The van der Waals surface area contributed by atoms with Gasteiger partial charge in [-0.25, -0.2) is 0 Å². The molecule has 0 aliphatic carbocycles. The summed E-state index contributed by atoms with van der Waals surface area (Å²) in [6.07, 6.45) is 1.56. The number of hydrogen-bond donors (Lipinski definition) is 2. The van der Waals surface area contributed by atoms with Crippen molar-refractivity contribution in [3.63, 3.8) is 0 Å². The summed E-state index contributed by atoms with van der Waals surface area (Å²) >= 11 is 0. The Balaban J connectivity index is 1.86. The van der Waals surface area contributed by atoms with E-state index < -0.39 is 0 Å². The van der Waals surface area contributed by atoms with Gasteiger partial charge in [-0.3, -0.25) is 4.79 Å². The first kappa shape index (κ1) is 11.8. The lowest BCUT2D eigenvalue weighted by Crippen LogP contribution is -2.33. The number of Topliss-reactive ketones (excluding diaryl/α,β-unsaturated/α-hetero) is 1. The summed E-state index contributed by atoms with van der Waals surface area (Å²) < 4.78 is 0. The molecule has 0 spiro atoms. The molecule has 0 bridgehead atoms. The fourth-order valence-corrected chi connectivity index (χ4v) is 2.51. The van der Waals surface area contributed by atoms with E-state index in [0.29, 0.717) is 11.3 Å². The Bertz CT molecular complexity index is 607. The summed E-state index contributed by atoms with van der Waals surface area (Å²) in [6.45, 7) is 0. The van der Waals surface area contributed by atoms with Gasteiger partial charge in [0, 0.05) is 5.56 Å². The van der Waals surface area contributed by atoms with E-state index in [1.165, 1.54) is 0 Å². The predicted molar refractivity (Wildman–Crippen MR) is 74.6 cm³/mol. The topological polar surface area (TPSA) is 49.3 Å². The zero-order valence-electron chi connectivity index (χ0n) is 10.5. The SMILES string of the molecule is O=C(c1ccccc1)C1CCc2cccc(O)c2N1. The van der Waals surface area contributed by atoms with E-state index in [9.17, 15) is 9.90 Å². The van der Waals surface area contributed by atoms with Crippen molar-refractivity contribution in [3.05, 3.63) is 59.7 Å². The minimum atomic E-state index is -0.261. The molecule has 96 valence electrons. The van der Waals surface area contributed by atoms with Gasteiger partial charge < -0.3 is 10.4 Å². The highest BCUT2D eigenvalue weighted by Crippen LogP contribution is 2.33. The molecule has 0 fully saturated rings. The minimum Gasteiger partial charge on any atom is -0.506 e. The van der Waals surface area contributed by atoms with Crippen LogP contribution in [-0.2, 0) is 6.42 Å². The molecular weight excluding hydrogens is 238 g/mol. The molecule has 1 aliphatic rings. The second-order valence-corrected chi connectivity index (χ2v) is 4.78. The van der Waals surface area contributed by atoms with E-state index in [-0.39, 0.29) is 17.6 Å². The lowest BCUT2D eigenvalue weighted by Gasteiger charge is -2.26. The van der Waals surface area contributed by atoms with Crippen LogP contribution in [0.5, 0.6) is 5.75 Å². The number of aromatic hydroxyl groups is 1. The van der Waals surface area contributed by atoms with Crippen molar-refractivity contribution in [1.29, 1.82) is 0 Å². The molecule has 3 heteroatoms. The molecule has 2 aromatic rings. The standard InChI is InChI=1S/C16H15NO2/c18-14-8-4-7-11-9-10-13(17-15(11)14)16(19)12-5-2-1-3-6-12/h1-8,13,17-18H,9-10H2. The second kappa shape index (κ2) is 4.76. The van der Waals surface area contributed by atoms with Crippen LogP contribution in [0, 0.1) is 0 Å². The summed E-state index contributed by atoms with van der Waals surface area (Å²) in [5, 5.41) is 13.0. The number of fused-ring (bicyclic) bond motifs is 1. The molecule has 2 N–H and O–H groups in total. The Hall–Kier alpha value is -2.29. The lowest BCUT2D eigenvalue weighted by atomic mass is 9.92. The molecule has 0 aromatic heterocycles. The van der Waals surface area contributed by atoms with Crippen LogP contribution in [-0.4, -0.2) is 16.9 Å². The van der Waals surface area contributed by atoms with E-state index in [1.807, 2.05) is 42.5 Å². The summed E-state index contributed by atoms with van der Waals surface area (Å²) in [5.74, 6) is 0.289. The number of carbonyl (C=O) groups is 1. The van der Waals surface area contributed by atoms with Crippen LogP contribution < -0.4 is 5.32 Å². The number of rotatable bonds is 2. The Morgan fingerprint density at radius 1 is 1.11 bits per heavy atom. The Labute approximate surface area is 111 Å². The Morgan fingerprint density at radius 3 is 2.68 bits per heavy atom. The summed E-state index contributed by atoms with van der Waals surface area (Å²) in [7, 11) is 0. The average molecular weight is 253 g/mol. The molecule has 0 amide bonds. The van der Waals surface area contributed by atoms with Crippen molar-refractivity contribution >= 4 is 11.5 Å². The van der Waals surface area contributed by atoms with Crippen LogP contribution in [0.15, 0.2) is 48.5 Å². The second-order valence-electron chi connectivity index (χ2n) is 4.78. The number of phenols is 1. The number of aryl methyl sites for hydroxylation is 1. The zero-order chi connectivity index (χ0) is 13.2. The molecule has 0 saturated carbocycles. The number of phenolic OH excluding ortho intramolecular Hbond substituents is 1. The fraction of sp³-hybridized carbons (Fsp3) is 0.188. The molecule has 1 heterocycles. The Morgan fingerprint density at radius 2 is 1.89 bits per heavy atom. The molecule has 3 nitrogen and oxygen atoms in total. The van der Waals surface area contributed by atoms with Gasteiger partial charge in [-0.2, -0.15) is 0 Å². The van der Waals surface area contributed by atoms with Crippen molar-refractivity contribution in [2.45, 2.75) is 18.9 Å². The molecular formula is C16H15NO2. The molecule has 2 aromatic carbocycles. The number of anilines is 1. The normalized spacial score (nSPS) is 17.4. The number of para-hydroxylation sites is 1. The Kier molecular flexibility index (Phi) is 2.95. The maximum atomic E-state index is 12.4. The van der Waals surface area contributed by atoms with Crippen molar-refractivity contribution in [2.24, 2.45) is 0 Å². The van der Waals surface area contributed by atoms with Gasteiger partial charge in [0.15, 0.2) is 5.78 Å². The van der Waals surface area contributed by atoms with Crippen LogP contribution >= 0.6 is 0 Å². The highest BCUT2D eigenvalue weighted by molar-refractivity contribution is 6.02. The number of hydrogen-bond acceptors (Lipinski definition) is 3. The number of ketones is 1. The number of nitrogens with one attached hydrogen (secondary N) is 1. The maximum Gasteiger partial charge on any atom is 0.185 e. The molecule has 3 rings (SSSR count). The van der Waals surface area contributed by atoms with Gasteiger partial charge in [0.05, 0.1) is 11.7 Å². The monoisotopic (exact) mass is 253 g/mol. The van der Waals surface area contributed by atoms with E-state index in [2.05, 4.69) is 5.32 Å². The molecule has 1 aliphatic heterocycles. The summed E-state index contributed by atoms with van der Waals surface area (Å²) in [4.78, 5) is 12.4.